The van der Waals surface area contributed by atoms with Crippen LogP contribution in [0.2, 0.25) is 0 Å². The Labute approximate surface area is 91.4 Å². The van der Waals surface area contributed by atoms with Gasteiger partial charge in [0.15, 0.2) is 0 Å². The van der Waals surface area contributed by atoms with E-state index in [9.17, 15) is 4.79 Å². The fourth-order valence-electron chi connectivity index (χ4n) is 0.134. The molecule has 0 spiro atoms. The van der Waals surface area contributed by atoms with Crippen LogP contribution in [-0.2, 0) is 9.63 Å². The maximum atomic E-state index is 9.81. The summed E-state index contributed by atoms with van der Waals surface area (Å²) in [6, 6.07) is 0. The van der Waals surface area contributed by atoms with Crippen LogP contribution in [-0.4, -0.2) is 17.8 Å². The summed E-state index contributed by atoms with van der Waals surface area (Å²) < 4.78 is 0. The molecule has 0 aliphatic carbocycles. The largest absolute Gasteiger partial charge is 1.00 e. The van der Waals surface area contributed by atoms with Gasteiger partial charge < -0.3 is 11.4 Å². The van der Waals surface area contributed by atoms with Gasteiger partial charge in [-0.2, -0.15) is 0 Å². The normalized spacial score (nSPS) is 7.25. The standard InChI is InChI=1S/C3H7NO3.K.H/c1-3(6)7-4-2-5;;/h4-5H,2H2,1H3;;/q;+1;-1. The van der Waals surface area contributed by atoms with E-state index in [1.54, 1.807) is 0 Å². The van der Waals surface area contributed by atoms with Gasteiger partial charge in [0.25, 0.3) is 0 Å². The summed E-state index contributed by atoms with van der Waals surface area (Å²) in [5.41, 5.74) is 1.95. The second kappa shape index (κ2) is 8.03. The second-order valence-electron chi connectivity index (χ2n) is 0.896. The van der Waals surface area contributed by atoms with Crippen molar-refractivity contribution in [2.75, 3.05) is 6.73 Å². The Morgan fingerprint density at radius 1 is 2.00 bits per heavy atom. The first kappa shape index (κ1) is 11.8. The predicted octanol–water partition coefficient (Wildman–Crippen LogP) is -3.88. The number of hydrogen-bond acceptors (Lipinski definition) is 4. The van der Waals surface area contributed by atoms with Gasteiger partial charge in [0.1, 0.15) is 6.73 Å². The number of carbonyl (C=O) groups excluding carboxylic acids is 1. The molecule has 0 bridgehead atoms. The van der Waals surface area contributed by atoms with Crippen molar-refractivity contribution < 1.29 is 67.5 Å². The Hall–Kier alpha value is 1.03. The van der Waals surface area contributed by atoms with Crippen LogP contribution in [0.15, 0.2) is 0 Å². The van der Waals surface area contributed by atoms with Crippen LogP contribution in [0.5, 0.6) is 0 Å². The molecule has 5 heteroatoms. The minimum atomic E-state index is -0.464. The molecule has 8 heavy (non-hydrogen) atoms. The third-order valence-electron chi connectivity index (χ3n) is 0.280. The van der Waals surface area contributed by atoms with Crippen molar-refractivity contribution in [1.82, 2.24) is 5.48 Å². The Morgan fingerprint density at radius 3 is 2.62 bits per heavy atom. The van der Waals surface area contributed by atoms with Gasteiger partial charge in [-0.05, 0) is 0 Å². The average molecular weight is 145 g/mol. The summed E-state index contributed by atoms with van der Waals surface area (Å²) in [6.07, 6.45) is 0. The van der Waals surface area contributed by atoms with Crippen LogP contribution in [0, 0.1) is 0 Å². The van der Waals surface area contributed by atoms with E-state index in [1.165, 1.54) is 6.92 Å². The zero-order valence-electron chi connectivity index (χ0n) is 5.97. The van der Waals surface area contributed by atoms with Gasteiger partial charge in [-0.1, -0.05) is 0 Å². The van der Waals surface area contributed by atoms with Crippen molar-refractivity contribution >= 4 is 5.97 Å². The quantitative estimate of drug-likeness (QED) is 0.237. The summed E-state index contributed by atoms with van der Waals surface area (Å²) in [4.78, 5) is 13.9. The molecule has 0 saturated carbocycles. The van der Waals surface area contributed by atoms with Crippen LogP contribution in [0.1, 0.15) is 8.35 Å². The molecule has 0 heterocycles. The number of aliphatic hydroxyl groups is 1. The first-order chi connectivity index (χ1) is 3.27. The average Bonchev–Trinajstić information content (AvgIpc) is 1.61. The molecule has 0 aromatic rings. The zero-order valence-corrected chi connectivity index (χ0v) is 8.09. The molecule has 0 amide bonds. The van der Waals surface area contributed by atoms with Crippen molar-refractivity contribution in [1.29, 1.82) is 0 Å². The molecule has 2 N–H and O–H groups in total. The van der Waals surface area contributed by atoms with E-state index < -0.39 is 5.97 Å². The molecule has 0 aromatic heterocycles. The first-order valence-electron chi connectivity index (χ1n) is 1.78. The van der Waals surface area contributed by atoms with Crippen LogP contribution >= 0.6 is 0 Å². The number of aliphatic hydroxyl groups excluding tert-OH is 1. The summed E-state index contributed by atoms with van der Waals surface area (Å²) in [6.45, 7) is 0.891. The van der Waals surface area contributed by atoms with Crippen molar-refractivity contribution in [3.8, 4) is 0 Å². The van der Waals surface area contributed by atoms with Gasteiger partial charge in [-0.15, -0.1) is 5.48 Å². The van der Waals surface area contributed by atoms with Crippen molar-refractivity contribution in [2.45, 2.75) is 6.92 Å². The van der Waals surface area contributed by atoms with Gasteiger partial charge in [0.2, 0.25) is 0 Å². The fraction of sp³-hybridized carbons (Fsp3) is 0.667. The van der Waals surface area contributed by atoms with Gasteiger partial charge in [0.05, 0.1) is 0 Å². The smallest absolute Gasteiger partial charge is 1.00 e. The molecule has 0 aliphatic heterocycles. The number of carbonyl (C=O) groups is 1. The SMILES string of the molecule is CC(=O)ONCO.[H-].[K+]. The van der Waals surface area contributed by atoms with E-state index in [2.05, 4.69) is 4.84 Å². The molecule has 0 saturated heterocycles. The van der Waals surface area contributed by atoms with Crippen molar-refractivity contribution in [2.24, 2.45) is 0 Å². The fourth-order valence-corrected chi connectivity index (χ4v) is 0.134. The molecule has 0 atom stereocenters. The molecule has 44 valence electrons. The number of hydrogen-bond donors (Lipinski definition) is 2. The van der Waals surface area contributed by atoms with Gasteiger partial charge in [0, 0.05) is 6.92 Å². The van der Waals surface area contributed by atoms with Crippen molar-refractivity contribution in [3.63, 3.8) is 0 Å². The minimum absolute atomic E-state index is 0. The van der Waals surface area contributed by atoms with Crippen LogP contribution in [0.3, 0.4) is 0 Å². The number of hydroxylamine groups is 1. The molecular weight excluding hydrogens is 137 g/mol. The second-order valence-corrected chi connectivity index (χ2v) is 0.896. The van der Waals surface area contributed by atoms with Gasteiger partial charge >= 0.3 is 57.4 Å². The van der Waals surface area contributed by atoms with Gasteiger partial charge in [-0.3, -0.25) is 4.79 Å². The van der Waals surface area contributed by atoms with E-state index in [1.807, 2.05) is 5.48 Å². The van der Waals surface area contributed by atoms with Crippen LogP contribution in [0.25, 0.3) is 0 Å². The zero-order chi connectivity index (χ0) is 5.70. The Morgan fingerprint density at radius 2 is 2.50 bits per heavy atom. The summed E-state index contributed by atoms with van der Waals surface area (Å²) in [7, 11) is 0. The predicted molar refractivity (Wildman–Crippen MR) is 23.1 cm³/mol. The van der Waals surface area contributed by atoms with E-state index in [4.69, 9.17) is 5.11 Å². The van der Waals surface area contributed by atoms with E-state index in [0.29, 0.717) is 0 Å². The maximum absolute atomic E-state index is 9.81. The third-order valence-corrected chi connectivity index (χ3v) is 0.280. The van der Waals surface area contributed by atoms with Crippen LogP contribution in [0.4, 0.5) is 0 Å². The Kier molecular flexibility index (Phi) is 11.8. The molecule has 4 nitrogen and oxygen atoms in total. The first-order valence-corrected chi connectivity index (χ1v) is 1.78. The van der Waals surface area contributed by atoms with E-state index >= 15 is 0 Å². The molecule has 0 aliphatic rings. The third kappa shape index (κ3) is 10.1. The molecule has 0 radical (unpaired) electrons. The monoisotopic (exact) mass is 145 g/mol. The summed E-state index contributed by atoms with van der Waals surface area (Å²) in [5.74, 6) is -0.464. The maximum Gasteiger partial charge on any atom is 1.00 e. The number of nitrogens with one attached hydrogen (secondary N) is 1. The van der Waals surface area contributed by atoms with E-state index in [-0.39, 0.29) is 59.5 Å². The Balaban J connectivity index is -0.000000180. The van der Waals surface area contributed by atoms with Crippen LogP contribution < -0.4 is 56.9 Å². The van der Waals surface area contributed by atoms with E-state index in [0.717, 1.165) is 0 Å². The summed E-state index contributed by atoms with van der Waals surface area (Å²) in [5, 5.41) is 7.93. The molecule has 0 rings (SSSR count). The molecular formula is C3H8KNO3. The Bertz CT molecular complexity index is 72.1. The topological polar surface area (TPSA) is 58.6 Å². The summed E-state index contributed by atoms with van der Waals surface area (Å²) >= 11 is 0. The number of rotatable bonds is 2. The molecule has 0 fully saturated rings. The van der Waals surface area contributed by atoms with Crippen molar-refractivity contribution in [3.05, 3.63) is 0 Å². The minimum Gasteiger partial charge on any atom is -1.00 e. The molecule has 0 unspecified atom stereocenters. The molecule has 0 aromatic carbocycles. The van der Waals surface area contributed by atoms with Gasteiger partial charge in [-0.25, -0.2) is 0 Å².